The Kier molecular flexibility index (Phi) is 2.25. The molecule has 2 fully saturated rings. The van der Waals surface area contributed by atoms with Gasteiger partial charge in [0.15, 0.2) is 8.24 Å². The van der Waals surface area contributed by atoms with Gasteiger partial charge in [0.1, 0.15) is 0 Å². The minimum absolute atomic E-state index is 0.385. The van der Waals surface area contributed by atoms with Crippen molar-refractivity contribution in [3.63, 3.8) is 0 Å². The number of carbonyl (C=O) groups is 1. The van der Waals surface area contributed by atoms with Crippen LogP contribution in [0.25, 0.3) is 0 Å². The van der Waals surface area contributed by atoms with E-state index < -0.39 is 8.24 Å². The fourth-order valence-electron chi connectivity index (χ4n) is 2.98. The van der Waals surface area contributed by atoms with Crippen molar-refractivity contribution in [2.75, 3.05) is 0 Å². The van der Waals surface area contributed by atoms with Gasteiger partial charge in [-0.05, 0) is 25.7 Å². The number of hydrogen-bond donors (Lipinski definition) is 0. The Bertz CT molecular complexity index is 255. The van der Waals surface area contributed by atoms with Crippen molar-refractivity contribution in [1.29, 1.82) is 0 Å². The normalized spacial score (nSPS) is 34.0. The van der Waals surface area contributed by atoms with Crippen LogP contribution in [0.5, 0.6) is 0 Å². The zero-order chi connectivity index (χ0) is 10.5. The standard InChI is InChI=1S/C11H21NOSi/c1-8-10(9-6-5-7-9)11(13)12(8)14(2,3)4/h8-10H,5-7H2,1-4H3. The number of rotatable bonds is 2. The molecule has 1 saturated carbocycles. The highest BCUT2D eigenvalue weighted by Crippen LogP contribution is 2.44. The fraction of sp³-hybridized carbons (Fsp3) is 0.909. The highest BCUT2D eigenvalue weighted by atomic mass is 28.3. The largest absolute Gasteiger partial charge is 0.366 e. The summed E-state index contributed by atoms with van der Waals surface area (Å²) in [5, 5.41) is 0. The van der Waals surface area contributed by atoms with Gasteiger partial charge in [-0.3, -0.25) is 4.79 Å². The third kappa shape index (κ3) is 1.33. The van der Waals surface area contributed by atoms with Crippen molar-refractivity contribution < 1.29 is 4.79 Å². The van der Waals surface area contributed by atoms with E-state index in [1.807, 2.05) is 0 Å². The van der Waals surface area contributed by atoms with Crippen molar-refractivity contribution >= 4 is 14.1 Å². The minimum atomic E-state index is -1.39. The van der Waals surface area contributed by atoms with Crippen LogP contribution in [0.15, 0.2) is 0 Å². The van der Waals surface area contributed by atoms with E-state index in [1.54, 1.807) is 0 Å². The first-order valence-electron chi connectivity index (χ1n) is 5.76. The lowest BCUT2D eigenvalue weighted by Crippen LogP contribution is -2.70. The Morgan fingerprint density at radius 3 is 2.14 bits per heavy atom. The molecule has 14 heavy (non-hydrogen) atoms. The molecule has 0 aromatic heterocycles. The maximum atomic E-state index is 12.0. The summed E-state index contributed by atoms with van der Waals surface area (Å²) in [7, 11) is -1.39. The zero-order valence-electron chi connectivity index (χ0n) is 9.71. The lowest BCUT2D eigenvalue weighted by Gasteiger charge is -2.56. The monoisotopic (exact) mass is 211 g/mol. The van der Waals surface area contributed by atoms with Gasteiger partial charge in [-0.25, -0.2) is 0 Å². The first-order chi connectivity index (χ1) is 6.43. The van der Waals surface area contributed by atoms with Crippen LogP contribution in [0.2, 0.25) is 19.6 Å². The predicted octanol–water partition coefficient (Wildman–Crippen LogP) is 2.47. The molecule has 0 N–H and O–H groups in total. The molecule has 2 nitrogen and oxygen atoms in total. The van der Waals surface area contributed by atoms with E-state index in [4.69, 9.17) is 0 Å². The van der Waals surface area contributed by atoms with Crippen molar-refractivity contribution in [2.45, 2.75) is 51.9 Å². The van der Waals surface area contributed by atoms with E-state index in [0.717, 1.165) is 5.92 Å². The molecule has 0 aromatic rings. The smallest absolute Gasteiger partial charge is 0.220 e. The summed E-state index contributed by atoms with van der Waals surface area (Å²) in [4.78, 5) is 12.0. The molecule has 80 valence electrons. The van der Waals surface area contributed by atoms with Crippen LogP contribution in [0.3, 0.4) is 0 Å². The molecule has 2 atom stereocenters. The van der Waals surface area contributed by atoms with Crippen LogP contribution >= 0.6 is 0 Å². The molecule has 1 saturated heterocycles. The van der Waals surface area contributed by atoms with Crippen molar-refractivity contribution in [3.05, 3.63) is 0 Å². The van der Waals surface area contributed by atoms with Gasteiger partial charge in [0, 0.05) is 6.04 Å². The Morgan fingerprint density at radius 2 is 1.86 bits per heavy atom. The molecule has 0 aromatic carbocycles. The van der Waals surface area contributed by atoms with Gasteiger partial charge in [-0.2, -0.15) is 0 Å². The van der Waals surface area contributed by atoms with Crippen molar-refractivity contribution in [1.82, 2.24) is 4.57 Å². The lowest BCUT2D eigenvalue weighted by atomic mass is 9.69. The van der Waals surface area contributed by atoms with E-state index >= 15 is 0 Å². The third-order valence-corrected chi connectivity index (χ3v) is 5.90. The van der Waals surface area contributed by atoms with E-state index in [2.05, 4.69) is 31.1 Å². The average Bonchev–Trinajstić information content (AvgIpc) is 1.94. The number of nitrogens with zero attached hydrogens (tertiary/aromatic N) is 1. The minimum Gasteiger partial charge on any atom is -0.366 e. The molecule has 0 radical (unpaired) electrons. The van der Waals surface area contributed by atoms with Gasteiger partial charge in [-0.1, -0.05) is 26.1 Å². The SMILES string of the molecule is CC1C(C2CCC2)C(=O)N1[Si](C)(C)C. The molecule has 1 aliphatic carbocycles. The van der Waals surface area contributed by atoms with Crippen LogP contribution in [0.4, 0.5) is 0 Å². The first kappa shape index (κ1) is 10.2. The van der Waals surface area contributed by atoms with Gasteiger partial charge in [0.2, 0.25) is 5.91 Å². The summed E-state index contributed by atoms with van der Waals surface area (Å²) in [5.74, 6) is 1.57. The quantitative estimate of drug-likeness (QED) is 0.507. The summed E-state index contributed by atoms with van der Waals surface area (Å²) >= 11 is 0. The molecule has 2 rings (SSSR count). The summed E-state index contributed by atoms with van der Waals surface area (Å²) < 4.78 is 2.19. The maximum Gasteiger partial charge on any atom is 0.220 e. The van der Waals surface area contributed by atoms with Crippen LogP contribution in [-0.4, -0.2) is 24.7 Å². The van der Waals surface area contributed by atoms with E-state index in [0.29, 0.717) is 17.9 Å². The van der Waals surface area contributed by atoms with Crippen LogP contribution in [0, 0.1) is 11.8 Å². The molecular formula is C11H21NOSi. The first-order valence-corrected chi connectivity index (χ1v) is 9.21. The number of β-lactam (4-membered cyclic amide) rings is 1. The van der Waals surface area contributed by atoms with Gasteiger partial charge in [-0.15, -0.1) is 0 Å². The number of carbonyl (C=O) groups excluding carboxylic acids is 1. The van der Waals surface area contributed by atoms with Crippen LogP contribution < -0.4 is 0 Å². The molecule has 3 heteroatoms. The molecule has 2 aliphatic rings. The molecule has 1 amide bonds. The fourth-order valence-corrected chi connectivity index (χ4v) is 5.17. The Labute approximate surface area is 87.8 Å². The molecule has 0 bridgehead atoms. The Balaban J connectivity index is 2.04. The highest BCUT2D eigenvalue weighted by Gasteiger charge is 2.53. The lowest BCUT2D eigenvalue weighted by molar-refractivity contribution is -0.152. The van der Waals surface area contributed by atoms with Gasteiger partial charge < -0.3 is 4.57 Å². The molecule has 1 heterocycles. The van der Waals surface area contributed by atoms with E-state index in [1.165, 1.54) is 19.3 Å². The highest BCUT2D eigenvalue weighted by molar-refractivity contribution is 6.76. The second-order valence-corrected chi connectivity index (χ2v) is 10.7. The summed E-state index contributed by atoms with van der Waals surface area (Å²) in [6.45, 7) is 9.03. The average molecular weight is 211 g/mol. The molecular weight excluding hydrogens is 190 g/mol. The summed E-state index contributed by atoms with van der Waals surface area (Å²) in [6.07, 6.45) is 3.93. The van der Waals surface area contributed by atoms with Gasteiger partial charge in [0.05, 0.1) is 5.92 Å². The third-order valence-electron chi connectivity index (χ3n) is 3.83. The second-order valence-electron chi connectivity index (χ2n) is 5.84. The van der Waals surface area contributed by atoms with Crippen molar-refractivity contribution in [3.8, 4) is 0 Å². The second kappa shape index (κ2) is 3.09. The predicted molar refractivity (Wildman–Crippen MR) is 60.5 cm³/mol. The molecule has 1 aliphatic heterocycles. The molecule has 2 unspecified atom stereocenters. The zero-order valence-corrected chi connectivity index (χ0v) is 10.7. The van der Waals surface area contributed by atoms with Crippen LogP contribution in [-0.2, 0) is 4.79 Å². The maximum absolute atomic E-state index is 12.0. The van der Waals surface area contributed by atoms with Gasteiger partial charge in [0.25, 0.3) is 0 Å². The number of amides is 1. The Morgan fingerprint density at radius 1 is 1.29 bits per heavy atom. The molecule has 0 spiro atoms. The van der Waals surface area contributed by atoms with E-state index in [-0.39, 0.29) is 0 Å². The topological polar surface area (TPSA) is 20.3 Å². The number of hydrogen-bond acceptors (Lipinski definition) is 1. The van der Waals surface area contributed by atoms with E-state index in [9.17, 15) is 4.79 Å². The van der Waals surface area contributed by atoms with Gasteiger partial charge >= 0.3 is 0 Å². The van der Waals surface area contributed by atoms with Crippen LogP contribution in [0.1, 0.15) is 26.2 Å². The summed E-state index contributed by atoms with van der Waals surface area (Å²) in [5.41, 5.74) is 0. The summed E-state index contributed by atoms with van der Waals surface area (Å²) in [6, 6.07) is 0.527. The van der Waals surface area contributed by atoms with Crippen molar-refractivity contribution in [2.24, 2.45) is 11.8 Å². The Hall–Kier alpha value is -0.313.